The van der Waals surface area contributed by atoms with Crippen LogP contribution in [0.25, 0.3) is 11.1 Å². The van der Waals surface area contributed by atoms with Crippen LogP contribution in [-0.2, 0) is 6.42 Å². The number of nitrogens with zero attached hydrogens (tertiary/aromatic N) is 1. The lowest BCUT2D eigenvalue weighted by molar-refractivity contribution is 0.0697. The minimum Gasteiger partial charge on any atom is -0.478 e. The van der Waals surface area contributed by atoms with E-state index in [2.05, 4.69) is 11.9 Å². The van der Waals surface area contributed by atoms with Crippen molar-refractivity contribution in [3.8, 4) is 0 Å². The molecule has 0 saturated heterocycles. The molecule has 0 bridgehead atoms. The van der Waals surface area contributed by atoms with Crippen LogP contribution >= 0.6 is 0 Å². The minimum atomic E-state index is -0.939. The fraction of sp³-hybridized carbons (Fsp3) is 0.467. The van der Waals surface area contributed by atoms with Crippen molar-refractivity contribution in [3.63, 3.8) is 0 Å². The molecule has 2 aromatic rings. The first-order chi connectivity index (χ1) is 9.20. The number of aryl methyl sites for hydroxylation is 1. The van der Waals surface area contributed by atoms with E-state index >= 15 is 0 Å². The van der Waals surface area contributed by atoms with Crippen LogP contribution in [0.4, 0.5) is 0 Å². The van der Waals surface area contributed by atoms with Gasteiger partial charge < -0.3 is 9.52 Å². The largest absolute Gasteiger partial charge is 0.478 e. The van der Waals surface area contributed by atoms with Crippen molar-refractivity contribution >= 4 is 17.1 Å². The molecule has 0 aliphatic carbocycles. The second-order valence-electron chi connectivity index (χ2n) is 4.76. The highest BCUT2D eigenvalue weighted by Crippen LogP contribution is 2.19. The van der Waals surface area contributed by atoms with Crippen molar-refractivity contribution in [2.24, 2.45) is 0 Å². The van der Waals surface area contributed by atoms with Gasteiger partial charge in [0, 0.05) is 6.42 Å². The summed E-state index contributed by atoms with van der Waals surface area (Å²) in [4.78, 5) is 15.2. The van der Waals surface area contributed by atoms with Crippen molar-refractivity contribution in [1.82, 2.24) is 4.98 Å². The fourth-order valence-electron chi connectivity index (χ4n) is 2.09. The van der Waals surface area contributed by atoms with Gasteiger partial charge in [0.1, 0.15) is 5.52 Å². The third-order valence-electron chi connectivity index (χ3n) is 3.17. The highest BCUT2D eigenvalue weighted by atomic mass is 16.4. The maximum Gasteiger partial charge on any atom is 0.335 e. The van der Waals surface area contributed by atoms with Crippen molar-refractivity contribution in [1.29, 1.82) is 0 Å². The summed E-state index contributed by atoms with van der Waals surface area (Å²) in [5, 5.41) is 8.92. The van der Waals surface area contributed by atoms with E-state index in [0.717, 1.165) is 12.8 Å². The molecule has 0 spiro atoms. The van der Waals surface area contributed by atoms with E-state index in [-0.39, 0.29) is 5.56 Å². The molecule has 4 heteroatoms. The number of carbonyl (C=O) groups is 1. The first-order valence-corrected chi connectivity index (χ1v) is 6.83. The summed E-state index contributed by atoms with van der Waals surface area (Å²) in [5.74, 6) is -0.236. The van der Waals surface area contributed by atoms with Gasteiger partial charge >= 0.3 is 5.97 Å². The summed E-state index contributed by atoms with van der Waals surface area (Å²) < 4.78 is 5.61. The lowest BCUT2D eigenvalue weighted by Crippen LogP contribution is -1.94. The molecule has 0 amide bonds. The van der Waals surface area contributed by atoms with Crippen LogP contribution in [0.5, 0.6) is 0 Å². The van der Waals surface area contributed by atoms with Crippen LogP contribution in [0.15, 0.2) is 22.6 Å². The topological polar surface area (TPSA) is 63.3 Å². The molecule has 1 heterocycles. The standard InChI is InChI=1S/C15H19NO3/c1-2-3-4-5-6-7-14-16-12-10-11(15(17)18)8-9-13(12)19-14/h8-10H,2-7H2,1H3,(H,17,18). The van der Waals surface area contributed by atoms with Gasteiger partial charge in [-0.2, -0.15) is 0 Å². The maximum atomic E-state index is 10.9. The Labute approximate surface area is 112 Å². The quantitative estimate of drug-likeness (QED) is 0.764. The Balaban J connectivity index is 1.99. The summed E-state index contributed by atoms with van der Waals surface area (Å²) in [6, 6.07) is 4.77. The third-order valence-corrected chi connectivity index (χ3v) is 3.17. The van der Waals surface area contributed by atoms with Gasteiger partial charge in [-0.05, 0) is 24.6 Å². The van der Waals surface area contributed by atoms with Crippen molar-refractivity contribution in [2.45, 2.75) is 45.4 Å². The molecule has 19 heavy (non-hydrogen) atoms. The maximum absolute atomic E-state index is 10.9. The van der Waals surface area contributed by atoms with Gasteiger partial charge in [0.2, 0.25) is 0 Å². The number of unbranched alkanes of at least 4 members (excludes halogenated alkanes) is 4. The molecule has 1 N–H and O–H groups in total. The predicted octanol–water partition coefficient (Wildman–Crippen LogP) is 4.04. The Bertz CT molecular complexity index is 560. The highest BCUT2D eigenvalue weighted by Gasteiger charge is 2.09. The Hall–Kier alpha value is -1.84. The van der Waals surface area contributed by atoms with Gasteiger partial charge in [-0.3, -0.25) is 0 Å². The van der Waals surface area contributed by atoms with E-state index < -0.39 is 5.97 Å². The molecule has 0 unspecified atom stereocenters. The zero-order valence-electron chi connectivity index (χ0n) is 11.2. The molecular formula is C15H19NO3. The summed E-state index contributed by atoms with van der Waals surface area (Å²) in [7, 11) is 0. The zero-order chi connectivity index (χ0) is 13.7. The molecule has 0 atom stereocenters. The van der Waals surface area contributed by atoms with Gasteiger partial charge in [0.05, 0.1) is 5.56 Å². The van der Waals surface area contributed by atoms with Crippen LogP contribution in [-0.4, -0.2) is 16.1 Å². The van der Waals surface area contributed by atoms with E-state index in [1.54, 1.807) is 18.2 Å². The lowest BCUT2D eigenvalue weighted by Gasteiger charge is -1.96. The van der Waals surface area contributed by atoms with Crippen LogP contribution < -0.4 is 0 Å². The van der Waals surface area contributed by atoms with Gasteiger partial charge in [0.15, 0.2) is 11.5 Å². The van der Waals surface area contributed by atoms with Gasteiger partial charge in [-0.1, -0.05) is 32.6 Å². The van der Waals surface area contributed by atoms with Crippen LogP contribution in [0.1, 0.15) is 55.3 Å². The van der Waals surface area contributed by atoms with E-state index in [1.807, 2.05) is 0 Å². The fourth-order valence-corrected chi connectivity index (χ4v) is 2.09. The molecule has 1 aromatic heterocycles. The lowest BCUT2D eigenvalue weighted by atomic mass is 10.1. The van der Waals surface area contributed by atoms with E-state index in [1.165, 1.54) is 25.7 Å². The molecule has 0 radical (unpaired) electrons. The van der Waals surface area contributed by atoms with E-state index in [4.69, 9.17) is 9.52 Å². The van der Waals surface area contributed by atoms with Gasteiger partial charge in [-0.25, -0.2) is 9.78 Å². The van der Waals surface area contributed by atoms with Gasteiger partial charge in [-0.15, -0.1) is 0 Å². The zero-order valence-corrected chi connectivity index (χ0v) is 11.2. The monoisotopic (exact) mass is 261 g/mol. The average Bonchev–Trinajstić information content (AvgIpc) is 2.80. The predicted molar refractivity (Wildman–Crippen MR) is 73.4 cm³/mol. The van der Waals surface area contributed by atoms with Crippen molar-refractivity contribution < 1.29 is 14.3 Å². The Kier molecular flexibility index (Phi) is 4.55. The minimum absolute atomic E-state index is 0.246. The third kappa shape index (κ3) is 3.56. The molecule has 0 saturated carbocycles. The number of carboxylic acid groups (broad SMARTS) is 1. The number of rotatable bonds is 7. The summed E-state index contributed by atoms with van der Waals surface area (Å²) in [5.41, 5.74) is 1.53. The smallest absolute Gasteiger partial charge is 0.335 e. The average molecular weight is 261 g/mol. The van der Waals surface area contributed by atoms with E-state index in [0.29, 0.717) is 17.0 Å². The normalized spacial score (nSPS) is 11.0. The number of benzene rings is 1. The molecule has 2 rings (SSSR count). The molecule has 0 fully saturated rings. The molecule has 1 aromatic carbocycles. The number of aromatic nitrogens is 1. The Morgan fingerprint density at radius 3 is 2.79 bits per heavy atom. The second kappa shape index (κ2) is 6.36. The molecule has 102 valence electrons. The molecule has 4 nitrogen and oxygen atoms in total. The molecule has 0 aliphatic rings. The second-order valence-corrected chi connectivity index (χ2v) is 4.76. The number of oxazole rings is 1. The molecule has 0 aliphatic heterocycles. The summed E-state index contributed by atoms with van der Waals surface area (Å²) >= 11 is 0. The van der Waals surface area contributed by atoms with Crippen LogP contribution in [0, 0.1) is 0 Å². The first kappa shape index (κ1) is 13.6. The van der Waals surface area contributed by atoms with E-state index in [9.17, 15) is 4.79 Å². The summed E-state index contributed by atoms with van der Waals surface area (Å²) in [6.45, 7) is 2.20. The van der Waals surface area contributed by atoms with Crippen LogP contribution in [0.2, 0.25) is 0 Å². The number of hydrogen-bond acceptors (Lipinski definition) is 3. The number of carboxylic acids is 1. The number of aromatic carboxylic acids is 1. The first-order valence-electron chi connectivity index (χ1n) is 6.83. The Morgan fingerprint density at radius 2 is 2.05 bits per heavy atom. The Morgan fingerprint density at radius 1 is 1.26 bits per heavy atom. The summed E-state index contributed by atoms with van der Waals surface area (Å²) in [6.07, 6.45) is 6.84. The number of fused-ring (bicyclic) bond motifs is 1. The highest BCUT2D eigenvalue weighted by molar-refractivity contribution is 5.91. The van der Waals surface area contributed by atoms with Crippen molar-refractivity contribution in [3.05, 3.63) is 29.7 Å². The van der Waals surface area contributed by atoms with Gasteiger partial charge in [0.25, 0.3) is 0 Å². The number of hydrogen-bond donors (Lipinski definition) is 1. The SMILES string of the molecule is CCCCCCCc1nc2cc(C(=O)O)ccc2o1. The van der Waals surface area contributed by atoms with Crippen LogP contribution in [0.3, 0.4) is 0 Å². The van der Waals surface area contributed by atoms with Crippen molar-refractivity contribution in [2.75, 3.05) is 0 Å². The molecular weight excluding hydrogens is 242 g/mol.